The van der Waals surface area contributed by atoms with Crippen molar-refractivity contribution in [3.05, 3.63) is 53.6 Å². The molecular formula is C15H15F2NOS. The Kier molecular flexibility index (Phi) is 4.84. The van der Waals surface area contributed by atoms with Crippen molar-refractivity contribution in [2.24, 2.45) is 0 Å². The summed E-state index contributed by atoms with van der Waals surface area (Å²) in [6.07, 6.45) is 0. The van der Waals surface area contributed by atoms with Crippen LogP contribution in [0.25, 0.3) is 0 Å². The second kappa shape index (κ2) is 6.61. The van der Waals surface area contributed by atoms with Gasteiger partial charge in [-0.05, 0) is 30.7 Å². The molecule has 106 valence electrons. The molecular weight excluding hydrogens is 280 g/mol. The topological polar surface area (TPSA) is 35.2 Å². The third-order valence-electron chi connectivity index (χ3n) is 2.74. The largest absolute Gasteiger partial charge is 0.435 e. The summed E-state index contributed by atoms with van der Waals surface area (Å²) in [6.45, 7) is -0.845. The molecule has 2 aromatic rings. The maximum absolute atomic E-state index is 12.3. The Labute approximate surface area is 120 Å². The first kappa shape index (κ1) is 14.7. The Balaban J connectivity index is 2.10. The number of alkyl halides is 2. The maximum atomic E-state index is 12.3. The number of hydrogen-bond donors (Lipinski definition) is 1. The lowest BCUT2D eigenvalue weighted by Crippen LogP contribution is -2.03. The summed E-state index contributed by atoms with van der Waals surface area (Å²) in [5.41, 5.74) is 8.44. The minimum atomic E-state index is -2.81. The summed E-state index contributed by atoms with van der Waals surface area (Å²) in [5.74, 6) is 0.733. The van der Waals surface area contributed by atoms with E-state index in [0.29, 0.717) is 11.4 Å². The monoisotopic (exact) mass is 295 g/mol. The van der Waals surface area contributed by atoms with Crippen LogP contribution in [0, 0.1) is 6.92 Å². The van der Waals surface area contributed by atoms with Crippen molar-refractivity contribution >= 4 is 17.4 Å². The fraction of sp³-hybridized carbons (Fsp3) is 0.200. The number of nitrogens with two attached hydrogens (primary N) is 1. The number of halogens is 2. The van der Waals surface area contributed by atoms with Gasteiger partial charge in [-0.3, -0.25) is 0 Å². The molecule has 0 radical (unpaired) electrons. The van der Waals surface area contributed by atoms with Crippen LogP contribution in [-0.4, -0.2) is 6.61 Å². The van der Waals surface area contributed by atoms with Gasteiger partial charge in [-0.2, -0.15) is 8.78 Å². The molecule has 2 rings (SSSR count). The molecule has 0 aliphatic carbocycles. The van der Waals surface area contributed by atoms with E-state index >= 15 is 0 Å². The van der Waals surface area contributed by atoms with Gasteiger partial charge in [0.1, 0.15) is 5.75 Å². The number of anilines is 1. The molecule has 0 saturated heterocycles. The lowest BCUT2D eigenvalue weighted by atomic mass is 10.2. The highest BCUT2D eigenvalue weighted by molar-refractivity contribution is 7.98. The smallest absolute Gasteiger partial charge is 0.387 e. The highest BCUT2D eigenvalue weighted by Crippen LogP contribution is 2.32. The van der Waals surface area contributed by atoms with Crippen LogP contribution in [0.4, 0.5) is 14.5 Å². The van der Waals surface area contributed by atoms with Crippen molar-refractivity contribution in [3.8, 4) is 5.75 Å². The average Bonchev–Trinajstić information content (AvgIpc) is 2.39. The first-order valence-corrected chi connectivity index (χ1v) is 7.06. The zero-order valence-corrected chi connectivity index (χ0v) is 11.8. The summed E-state index contributed by atoms with van der Waals surface area (Å²) in [5, 5.41) is 0. The fourth-order valence-corrected chi connectivity index (χ4v) is 2.73. The summed E-state index contributed by atoms with van der Waals surface area (Å²) >= 11 is 1.50. The first-order chi connectivity index (χ1) is 9.56. The van der Waals surface area contributed by atoms with Gasteiger partial charge in [-0.15, -0.1) is 11.8 Å². The number of benzene rings is 2. The molecule has 0 fully saturated rings. The molecule has 0 heterocycles. The van der Waals surface area contributed by atoms with E-state index in [0.717, 1.165) is 16.0 Å². The van der Waals surface area contributed by atoms with Crippen molar-refractivity contribution in [1.29, 1.82) is 0 Å². The molecule has 0 amide bonds. The molecule has 2 nitrogen and oxygen atoms in total. The minimum Gasteiger partial charge on any atom is -0.435 e. The predicted octanol–water partition coefficient (Wildman–Crippen LogP) is 4.47. The second-order valence-corrected chi connectivity index (χ2v) is 5.33. The quantitative estimate of drug-likeness (QED) is 0.653. The normalized spacial score (nSPS) is 10.8. The predicted molar refractivity (Wildman–Crippen MR) is 78.2 cm³/mol. The Bertz CT molecular complexity index is 590. The van der Waals surface area contributed by atoms with Gasteiger partial charge in [0.15, 0.2) is 0 Å². The highest BCUT2D eigenvalue weighted by Gasteiger charge is 2.10. The number of para-hydroxylation sites is 1. The number of hydrogen-bond acceptors (Lipinski definition) is 3. The molecule has 2 aromatic carbocycles. The minimum absolute atomic E-state index is 0.209. The molecule has 0 aliphatic heterocycles. The number of thioether (sulfide) groups is 1. The lowest BCUT2D eigenvalue weighted by Gasteiger charge is -2.11. The molecule has 0 aromatic heterocycles. The highest BCUT2D eigenvalue weighted by atomic mass is 32.2. The Morgan fingerprint density at radius 1 is 1.20 bits per heavy atom. The summed E-state index contributed by atoms with van der Waals surface area (Å²) < 4.78 is 29.2. The third-order valence-corrected chi connectivity index (χ3v) is 3.88. The zero-order valence-electron chi connectivity index (χ0n) is 11.0. The van der Waals surface area contributed by atoms with Gasteiger partial charge in [0.2, 0.25) is 0 Å². The van der Waals surface area contributed by atoms with Gasteiger partial charge >= 0.3 is 6.61 Å². The van der Waals surface area contributed by atoms with Crippen LogP contribution in [0.2, 0.25) is 0 Å². The number of rotatable bonds is 5. The van der Waals surface area contributed by atoms with Crippen molar-refractivity contribution in [2.75, 3.05) is 5.73 Å². The van der Waals surface area contributed by atoms with E-state index in [2.05, 4.69) is 4.74 Å². The van der Waals surface area contributed by atoms with E-state index < -0.39 is 6.61 Å². The molecule has 0 atom stereocenters. The Morgan fingerprint density at radius 2 is 1.95 bits per heavy atom. The Hall–Kier alpha value is -1.75. The van der Waals surface area contributed by atoms with Gasteiger partial charge in [0, 0.05) is 21.9 Å². The van der Waals surface area contributed by atoms with Crippen LogP contribution in [0.3, 0.4) is 0 Å². The van der Waals surface area contributed by atoms with E-state index in [9.17, 15) is 8.78 Å². The molecule has 20 heavy (non-hydrogen) atoms. The molecule has 0 aliphatic rings. The van der Waals surface area contributed by atoms with Gasteiger partial charge < -0.3 is 10.5 Å². The zero-order chi connectivity index (χ0) is 14.5. The first-order valence-electron chi connectivity index (χ1n) is 6.08. The Morgan fingerprint density at radius 3 is 2.65 bits per heavy atom. The summed E-state index contributed by atoms with van der Waals surface area (Å²) in [6, 6.07) is 12.6. The molecule has 0 unspecified atom stereocenters. The van der Waals surface area contributed by atoms with Crippen LogP contribution in [0.15, 0.2) is 47.4 Å². The van der Waals surface area contributed by atoms with Gasteiger partial charge in [-0.25, -0.2) is 0 Å². The van der Waals surface area contributed by atoms with Crippen LogP contribution in [-0.2, 0) is 5.75 Å². The van der Waals surface area contributed by atoms with E-state index in [-0.39, 0.29) is 5.75 Å². The van der Waals surface area contributed by atoms with Crippen molar-refractivity contribution in [3.63, 3.8) is 0 Å². The van der Waals surface area contributed by atoms with Gasteiger partial charge in [-0.1, -0.05) is 24.3 Å². The second-order valence-electron chi connectivity index (χ2n) is 4.32. The van der Waals surface area contributed by atoms with Crippen LogP contribution in [0.5, 0.6) is 5.75 Å². The SMILES string of the molecule is Cc1ccc(SCc2ccccc2OC(F)F)c(N)c1. The van der Waals surface area contributed by atoms with Gasteiger partial charge in [0.05, 0.1) is 0 Å². The van der Waals surface area contributed by atoms with Crippen LogP contribution < -0.4 is 10.5 Å². The molecule has 5 heteroatoms. The molecule has 0 bridgehead atoms. The molecule has 0 saturated carbocycles. The van der Waals surface area contributed by atoms with Crippen LogP contribution in [0.1, 0.15) is 11.1 Å². The number of ether oxygens (including phenoxy) is 1. The van der Waals surface area contributed by atoms with E-state index in [1.807, 2.05) is 25.1 Å². The fourth-order valence-electron chi connectivity index (χ4n) is 1.79. The van der Waals surface area contributed by atoms with E-state index in [1.165, 1.54) is 11.8 Å². The van der Waals surface area contributed by atoms with Crippen molar-refractivity contribution < 1.29 is 13.5 Å². The lowest BCUT2D eigenvalue weighted by molar-refractivity contribution is -0.0503. The maximum Gasteiger partial charge on any atom is 0.387 e. The van der Waals surface area contributed by atoms with E-state index in [4.69, 9.17) is 5.73 Å². The number of aryl methyl sites for hydroxylation is 1. The summed E-state index contributed by atoms with van der Waals surface area (Å²) in [4.78, 5) is 0.933. The van der Waals surface area contributed by atoms with Crippen LogP contribution >= 0.6 is 11.8 Å². The van der Waals surface area contributed by atoms with Crippen molar-refractivity contribution in [2.45, 2.75) is 24.2 Å². The van der Waals surface area contributed by atoms with Crippen molar-refractivity contribution in [1.82, 2.24) is 0 Å². The third kappa shape index (κ3) is 3.87. The molecule has 0 spiro atoms. The molecule has 2 N–H and O–H groups in total. The average molecular weight is 295 g/mol. The number of nitrogen functional groups attached to an aromatic ring is 1. The van der Waals surface area contributed by atoms with E-state index in [1.54, 1.807) is 24.3 Å². The summed E-state index contributed by atoms with van der Waals surface area (Å²) in [7, 11) is 0. The standard InChI is InChI=1S/C15H15F2NOS/c1-10-6-7-14(12(18)8-10)20-9-11-4-2-3-5-13(11)19-15(16)17/h2-8,15H,9,18H2,1H3. The van der Waals surface area contributed by atoms with Gasteiger partial charge in [0.25, 0.3) is 0 Å².